The molecule has 116 valence electrons. The van der Waals surface area contributed by atoms with Crippen molar-refractivity contribution in [3.05, 3.63) is 29.8 Å². The highest BCUT2D eigenvalue weighted by Crippen LogP contribution is 2.40. The molecule has 1 aliphatic heterocycles. The maximum Gasteiger partial charge on any atom is 0.306 e. The second kappa shape index (κ2) is 6.48. The number of phenolic OH excluding ortho intramolecular Hbond substituents is 1. The molecule has 1 saturated heterocycles. The Morgan fingerprint density at radius 1 is 1.52 bits per heavy atom. The summed E-state index contributed by atoms with van der Waals surface area (Å²) < 4.78 is 4.70. The fourth-order valence-corrected chi connectivity index (χ4v) is 3.16. The summed E-state index contributed by atoms with van der Waals surface area (Å²) in [5, 5.41) is 9.71. The number of esters is 1. The Kier molecular flexibility index (Phi) is 4.88. The lowest BCUT2D eigenvalue weighted by Gasteiger charge is -2.45. The Morgan fingerprint density at radius 2 is 2.29 bits per heavy atom. The molecular weight excluding hydrogens is 266 g/mol. The largest absolute Gasteiger partial charge is 0.508 e. The number of hydrogen-bond acceptors (Lipinski definition) is 4. The van der Waals surface area contributed by atoms with Crippen LogP contribution in [0.3, 0.4) is 0 Å². The first-order valence-electron chi connectivity index (χ1n) is 7.54. The summed E-state index contributed by atoms with van der Waals surface area (Å²) in [6.07, 6.45) is 1.48. The summed E-state index contributed by atoms with van der Waals surface area (Å²) in [6, 6.07) is 7.59. The molecule has 21 heavy (non-hydrogen) atoms. The predicted octanol–water partition coefficient (Wildman–Crippen LogP) is 2.55. The highest BCUT2D eigenvalue weighted by molar-refractivity contribution is 5.69. The second-order valence-electron chi connectivity index (χ2n) is 6.25. The third-order valence-corrected chi connectivity index (χ3v) is 4.93. The summed E-state index contributed by atoms with van der Waals surface area (Å²) >= 11 is 0. The predicted molar refractivity (Wildman–Crippen MR) is 82.3 cm³/mol. The van der Waals surface area contributed by atoms with Crippen molar-refractivity contribution in [1.29, 1.82) is 0 Å². The number of rotatable bonds is 4. The molecule has 0 aliphatic carbocycles. The molecule has 1 N–H and O–H groups in total. The molecule has 2 atom stereocenters. The minimum atomic E-state index is -0.149. The van der Waals surface area contributed by atoms with Crippen molar-refractivity contribution in [1.82, 2.24) is 4.90 Å². The van der Waals surface area contributed by atoms with Gasteiger partial charge in [0.2, 0.25) is 0 Å². The minimum Gasteiger partial charge on any atom is -0.508 e. The van der Waals surface area contributed by atoms with Gasteiger partial charge in [-0.25, -0.2) is 0 Å². The van der Waals surface area contributed by atoms with E-state index in [0.717, 1.165) is 26.1 Å². The van der Waals surface area contributed by atoms with Crippen LogP contribution in [0.15, 0.2) is 24.3 Å². The number of piperidine rings is 1. The first-order chi connectivity index (χ1) is 9.95. The van der Waals surface area contributed by atoms with Gasteiger partial charge in [-0.05, 0) is 42.0 Å². The van der Waals surface area contributed by atoms with Gasteiger partial charge in [-0.2, -0.15) is 0 Å². The van der Waals surface area contributed by atoms with Gasteiger partial charge in [-0.3, -0.25) is 4.79 Å². The highest BCUT2D eigenvalue weighted by Gasteiger charge is 2.38. The van der Waals surface area contributed by atoms with Crippen molar-refractivity contribution in [3.8, 4) is 5.75 Å². The third-order valence-electron chi connectivity index (χ3n) is 4.93. The average molecular weight is 291 g/mol. The topological polar surface area (TPSA) is 49.8 Å². The fourth-order valence-electron chi connectivity index (χ4n) is 3.16. The van der Waals surface area contributed by atoms with Crippen LogP contribution >= 0.6 is 0 Å². The van der Waals surface area contributed by atoms with Crippen LogP contribution in [0, 0.1) is 5.92 Å². The van der Waals surface area contributed by atoms with Gasteiger partial charge < -0.3 is 14.7 Å². The number of benzene rings is 1. The van der Waals surface area contributed by atoms with E-state index < -0.39 is 0 Å². The van der Waals surface area contributed by atoms with Gasteiger partial charge in [0, 0.05) is 13.1 Å². The van der Waals surface area contributed by atoms with Gasteiger partial charge in [-0.15, -0.1) is 0 Å². The third kappa shape index (κ3) is 3.56. The zero-order valence-electron chi connectivity index (χ0n) is 13.1. The van der Waals surface area contributed by atoms with E-state index in [2.05, 4.69) is 24.8 Å². The number of aromatic hydroxyl groups is 1. The van der Waals surface area contributed by atoms with Crippen molar-refractivity contribution in [3.63, 3.8) is 0 Å². The molecule has 1 aromatic carbocycles. The second-order valence-corrected chi connectivity index (χ2v) is 6.25. The number of likely N-dealkylation sites (tertiary alicyclic amines) is 1. The van der Waals surface area contributed by atoms with E-state index in [1.165, 1.54) is 12.7 Å². The van der Waals surface area contributed by atoms with Crippen LogP contribution in [0.5, 0.6) is 5.75 Å². The zero-order valence-corrected chi connectivity index (χ0v) is 13.1. The quantitative estimate of drug-likeness (QED) is 0.866. The molecule has 0 bridgehead atoms. The maximum atomic E-state index is 11.2. The normalized spacial score (nSPS) is 26.5. The molecule has 1 fully saturated rings. The van der Waals surface area contributed by atoms with E-state index in [1.807, 2.05) is 12.1 Å². The number of nitrogens with zero attached hydrogens (tertiary/aromatic N) is 1. The fraction of sp³-hybridized carbons (Fsp3) is 0.588. The van der Waals surface area contributed by atoms with Gasteiger partial charge in [0.15, 0.2) is 0 Å². The standard InChI is InChI=1S/C17H25NO3/c1-13-12-18(9-7-16(20)21-3)10-8-17(13,2)14-5-4-6-15(19)11-14/h4-6,11,13,19H,7-10,12H2,1-3H3/t13-,17+/m0/s1. The van der Waals surface area contributed by atoms with Crippen LogP contribution in [0.1, 0.15) is 32.3 Å². The number of hydrogen-bond donors (Lipinski definition) is 1. The molecular formula is C17H25NO3. The van der Waals surface area contributed by atoms with Gasteiger partial charge >= 0.3 is 5.97 Å². The van der Waals surface area contributed by atoms with Gasteiger partial charge in [0.05, 0.1) is 13.5 Å². The highest BCUT2D eigenvalue weighted by atomic mass is 16.5. The Balaban J connectivity index is 2.01. The van der Waals surface area contributed by atoms with E-state index in [4.69, 9.17) is 4.74 Å². The van der Waals surface area contributed by atoms with Crippen LogP contribution in [0.2, 0.25) is 0 Å². The van der Waals surface area contributed by atoms with Crippen molar-refractivity contribution in [2.45, 2.75) is 32.1 Å². The van der Waals surface area contributed by atoms with E-state index in [0.29, 0.717) is 18.1 Å². The number of carbonyl (C=O) groups is 1. The number of ether oxygens (including phenoxy) is 1. The average Bonchev–Trinajstić information content (AvgIpc) is 2.48. The van der Waals surface area contributed by atoms with Crippen LogP contribution in [-0.4, -0.2) is 42.7 Å². The Bertz CT molecular complexity index is 503. The lowest BCUT2D eigenvalue weighted by atomic mass is 9.68. The van der Waals surface area contributed by atoms with Crippen LogP contribution in [-0.2, 0) is 14.9 Å². The van der Waals surface area contributed by atoms with Crippen molar-refractivity contribution in [2.24, 2.45) is 5.92 Å². The number of methoxy groups -OCH3 is 1. The molecule has 1 aliphatic rings. The summed E-state index contributed by atoms with van der Waals surface area (Å²) in [5.74, 6) is 0.642. The lowest BCUT2D eigenvalue weighted by molar-refractivity contribution is -0.141. The molecule has 4 heteroatoms. The van der Waals surface area contributed by atoms with Gasteiger partial charge in [0.1, 0.15) is 5.75 Å². The Labute approximate surface area is 126 Å². The van der Waals surface area contributed by atoms with E-state index in [1.54, 1.807) is 6.07 Å². The molecule has 1 aromatic rings. The van der Waals surface area contributed by atoms with Crippen molar-refractivity contribution >= 4 is 5.97 Å². The molecule has 0 saturated carbocycles. The van der Waals surface area contributed by atoms with Crippen molar-refractivity contribution < 1.29 is 14.6 Å². The first-order valence-corrected chi connectivity index (χ1v) is 7.54. The summed E-state index contributed by atoms with van der Waals surface area (Å²) in [4.78, 5) is 13.6. The molecule has 2 rings (SSSR count). The molecule has 1 heterocycles. The van der Waals surface area contributed by atoms with Gasteiger partial charge in [0.25, 0.3) is 0 Å². The van der Waals surface area contributed by atoms with E-state index >= 15 is 0 Å². The lowest BCUT2D eigenvalue weighted by Crippen LogP contribution is -2.47. The van der Waals surface area contributed by atoms with Crippen LogP contribution in [0.25, 0.3) is 0 Å². The monoisotopic (exact) mass is 291 g/mol. The SMILES string of the molecule is COC(=O)CCN1CC[C@@](C)(c2cccc(O)c2)[C@@H](C)C1. The summed E-state index contributed by atoms with van der Waals surface area (Å²) in [5.41, 5.74) is 1.27. The van der Waals surface area contributed by atoms with E-state index in [-0.39, 0.29) is 11.4 Å². The molecule has 4 nitrogen and oxygen atoms in total. The van der Waals surface area contributed by atoms with Crippen molar-refractivity contribution in [2.75, 3.05) is 26.7 Å². The van der Waals surface area contributed by atoms with Gasteiger partial charge in [-0.1, -0.05) is 26.0 Å². The first kappa shape index (κ1) is 15.8. The molecule has 0 unspecified atom stereocenters. The molecule has 0 spiro atoms. The summed E-state index contributed by atoms with van der Waals surface area (Å²) in [7, 11) is 1.43. The number of carbonyl (C=O) groups excluding carboxylic acids is 1. The molecule has 0 aromatic heterocycles. The smallest absolute Gasteiger partial charge is 0.306 e. The van der Waals surface area contributed by atoms with Crippen LogP contribution < -0.4 is 0 Å². The van der Waals surface area contributed by atoms with Crippen LogP contribution in [0.4, 0.5) is 0 Å². The Hall–Kier alpha value is -1.55. The zero-order chi connectivity index (χ0) is 15.5. The summed E-state index contributed by atoms with van der Waals surface area (Å²) in [6.45, 7) is 7.20. The minimum absolute atomic E-state index is 0.0699. The Morgan fingerprint density at radius 3 is 2.90 bits per heavy atom. The molecule has 0 radical (unpaired) electrons. The number of phenols is 1. The molecule has 0 amide bonds. The maximum absolute atomic E-state index is 11.2. The van der Waals surface area contributed by atoms with E-state index in [9.17, 15) is 9.90 Å².